The molecule has 2 aromatic rings. The summed E-state index contributed by atoms with van der Waals surface area (Å²) in [7, 11) is 1.66. The lowest BCUT2D eigenvalue weighted by molar-refractivity contribution is 0.00150. The lowest BCUT2D eigenvalue weighted by Gasteiger charge is -2.54. The van der Waals surface area contributed by atoms with Gasteiger partial charge in [-0.15, -0.1) is 0 Å². The highest BCUT2D eigenvalue weighted by atomic mass is 16.5. The molecule has 4 aliphatic rings. The van der Waals surface area contributed by atoms with E-state index in [-0.39, 0.29) is 11.9 Å². The van der Waals surface area contributed by atoms with Crippen LogP contribution < -0.4 is 4.74 Å². The van der Waals surface area contributed by atoms with Crippen LogP contribution in [0.25, 0.3) is 11.3 Å². The van der Waals surface area contributed by atoms with Gasteiger partial charge in [0.25, 0.3) is 5.91 Å². The molecule has 3 saturated heterocycles. The molecule has 1 N–H and O–H groups in total. The minimum absolute atomic E-state index is 0.111. The largest absolute Gasteiger partial charge is 0.497 e. The number of hydrogen-bond donors (Lipinski definition) is 1. The summed E-state index contributed by atoms with van der Waals surface area (Å²) >= 11 is 0. The summed E-state index contributed by atoms with van der Waals surface area (Å²) in [6.07, 6.45) is 11.7. The molecule has 0 radical (unpaired) electrons. The molecule has 0 saturated carbocycles. The van der Waals surface area contributed by atoms with Crippen LogP contribution in [0.15, 0.2) is 42.1 Å². The van der Waals surface area contributed by atoms with Crippen LogP contribution in [0, 0.1) is 11.8 Å². The molecule has 3 aliphatic heterocycles. The van der Waals surface area contributed by atoms with Gasteiger partial charge in [-0.1, -0.05) is 18.1 Å². The van der Waals surface area contributed by atoms with Gasteiger partial charge in [0.05, 0.1) is 30.6 Å². The lowest BCUT2D eigenvalue weighted by atomic mass is 9.68. The Morgan fingerprint density at radius 3 is 2.88 bits per heavy atom. The van der Waals surface area contributed by atoms with Gasteiger partial charge in [0.1, 0.15) is 5.75 Å². The zero-order valence-electron chi connectivity index (χ0n) is 18.8. The van der Waals surface area contributed by atoms with E-state index in [1.165, 1.54) is 37.8 Å². The van der Waals surface area contributed by atoms with Crippen LogP contribution in [-0.2, 0) is 0 Å². The Morgan fingerprint density at radius 2 is 2.03 bits per heavy atom. The molecule has 3 fully saturated rings. The van der Waals surface area contributed by atoms with Crippen molar-refractivity contribution in [2.75, 3.05) is 26.7 Å². The summed E-state index contributed by atoms with van der Waals surface area (Å²) in [6, 6.07) is 8.78. The van der Waals surface area contributed by atoms with E-state index in [4.69, 9.17) is 4.74 Å². The van der Waals surface area contributed by atoms with Crippen molar-refractivity contribution in [2.45, 2.75) is 50.6 Å². The van der Waals surface area contributed by atoms with Crippen molar-refractivity contribution in [3.63, 3.8) is 0 Å². The van der Waals surface area contributed by atoms with Gasteiger partial charge in [0.2, 0.25) is 0 Å². The van der Waals surface area contributed by atoms with E-state index in [1.807, 2.05) is 24.3 Å². The first-order valence-corrected chi connectivity index (χ1v) is 12.2. The molecule has 1 amide bonds. The number of hydrogen-bond acceptors (Lipinski definition) is 4. The molecule has 2 bridgehead atoms. The Labute approximate surface area is 189 Å². The van der Waals surface area contributed by atoms with Gasteiger partial charge < -0.3 is 9.64 Å². The topological polar surface area (TPSA) is 61.5 Å². The number of carbonyl (C=O) groups excluding carboxylic acids is 1. The zero-order chi connectivity index (χ0) is 21.7. The van der Waals surface area contributed by atoms with Crippen LogP contribution in [0.1, 0.15) is 48.9 Å². The van der Waals surface area contributed by atoms with Gasteiger partial charge in [-0.2, -0.15) is 5.10 Å². The molecule has 168 valence electrons. The normalized spacial score (nSPS) is 29.7. The van der Waals surface area contributed by atoms with Crippen molar-refractivity contribution in [1.29, 1.82) is 0 Å². The molecule has 1 aliphatic carbocycles. The molecule has 1 aromatic heterocycles. The van der Waals surface area contributed by atoms with Gasteiger partial charge in [0, 0.05) is 24.7 Å². The molecule has 6 nitrogen and oxygen atoms in total. The second kappa shape index (κ2) is 8.07. The van der Waals surface area contributed by atoms with Crippen LogP contribution in [0.4, 0.5) is 0 Å². The molecule has 0 spiro atoms. The van der Waals surface area contributed by atoms with Gasteiger partial charge in [-0.05, 0) is 74.8 Å². The summed E-state index contributed by atoms with van der Waals surface area (Å²) in [4.78, 5) is 18.8. The predicted octanol–water partition coefficient (Wildman–Crippen LogP) is 4.12. The second-order valence-corrected chi connectivity index (χ2v) is 9.89. The minimum Gasteiger partial charge on any atom is -0.497 e. The van der Waals surface area contributed by atoms with E-state index in [0.29, 0.717) is 17.4 Å². The Morgan fingerprint density at radius 1 is 1.16 bits per heavy atom. The highest BCUT2D eigenvalue weighted by molar-refractivity contribution is 6.00. The maximum absolute atomic E-state index is 13.9. The molecule has 6 heteroatoms. The van der Waals surface area contributed by atoms with E-state index in [2.05, 4.69) is 26.1 Å². The van der Waals surface area contributed by atoms with Gasteiger partial charge in [0.15, 0.2) is 0 Å². The monoisotopic (exact) mass is 432 g/mol. The molecule has 4 heterocycles. The van der Waals surface area contributed by atoms with Crippen LogP contribution in [0.5, 0.6) is 5.75 Å². The molecule has 1 aromatic carbocycles. The van der Waals surface area contributed by atoms with Crippen molar-refractivity contribution < 1.29 is 9.53 Å². The number of nitrogens with zero attached hydrogens (tertiary/aromatic N) is 3. The number of methoxy groups -OCH3 is 1. The van der Waals surface area contributed by atoms with Gasteiger partial charge >= 0.3 is 0 Å². The van der Waals surface area contributed by atoms with Crippen molar-refractivity contribution >= 4 is 5.91 Å². The van der Waals surface area contributed by atoms with E-state index in [0.717, 1.165) is 49.0 Å². The highest BCUT2D eigenvalue weighted by Crippen LogP contribution is 2.45. The first-order chi connectivity index (χ1) is 15.7. The Hall–Kier alpha value is -2.60. The summed E-state index contributed by atoms with van der Waals surface area (Å²) in [5.74, 6) is 2.14. The Bertz CT molecular complexity index is 1030. The number of rotatable bonds is 3. The standard InChI is InChI=1S/C26H32N4O2/c1-32-21-9-7-17(8-10-21)24-22(15-27-28-24)26(31)30-12-4-5-18-13-19-14-20(25(18)30)16-29-11-3-2-6-23(19)29/h7-10,13,15,19-20,23,25H,2-6,11-12,14,16H2,1H3,(H,27,28)/t19-,20+,23-,25-/m1/s1. The number of likely N-dealkylation sites (tertiary alicyclic amines) is 1. The molecular weight excluding hydrogens is 400 g/mol. The quantitative estimate of drug-likeness (QED) is 0.741. The van der Waals surface area contributed by atoms with Crippen LogP contribution in [0.2, 0.25) is 0 Å². The van der Waals surface area contributed by atoms with Crippen molar-refractivity contribution in [3.05, 3.63) is 47.7 Å². The maximum Gasteiger partial charge on any atom is 0.258 e. The second-order valence-electron chi connectivity index (χ2n) is 9.89. The van der Waals surface area contributed by atoms with Crippen LogP contribution in [-0.4, -0.2) is 64.7 Å². The summed E-state index contributed by atoms with van der Waals surface area (Å²) in [5, 5.41) is 7.32. The van der Waals surface area contributed by atoms with E-state index in [1.54, 1.807) is 13.3 Å². The third kappa shape index (κ3) is 3.27. The summed E-state index contributed by atoms with van der Waals surface area (Å²) < 4.78 is 5.28. The number of benzene rings is 1. The molecular formula is C26H32N4O2. The SMILES string of the molecule is COc1ccc(-c2[nH]ncc2C(=O)N2CCCC3=C[C@@H]4C[C@@H](CN5CCCC[C@H]45)[C@@H]32)cc1. The molecule has 0 unspecified atom stereocenters. The minimum atomic E-state index is 0.111. The van der Waals surface area contributed by atoms with E-state index >= 15 is 0 Å². The number of amides is 1. The fourth-order valence-corrected chi connectivity index (χ4v) is 6.78. The number of piperidine rings is 3. The smallest absolute Gasteiger partial charge is 0.258 e. The Balaban J connectivity index is 1.31. The fourth-order valence-electron chi connectivity index (χ4n) is 6.78. The molecule has 4 atom stereocenters. The fraction of sp³-hybridized carbons (Fsp3) is 0.538. The number of ether oxygens (including phenoxy) is 1. The zero-order valence-corrected chi connectivity index (χ0v) is 18.8. The third-order valence-corrected chi connectivity index (χ3v) is 8.17. The number of H-pyrrole nitrogens is 1. The maximum atomic E-state index is 13.9. The first kappa shape index (κ1) is 20.0. The van der Waals surface area contributed by atoms with Crippen LogP contribution >= 0.6 is 0 Å². The third-order valence-electron chi connectivity index (χ3n) is 8.17. The number of nitrogens with one attached hydrogen (secondary N) is 1. The average molecular weight is 433 g/mol. The lowest BCUT2D eigenvalue weighted by Crippen LogP contribution is -2.60. The van der Waals surface area contributed by atoms with Crippen LogP contribution in [0.3, 0.4) is 0 Å². The first-order valence-electron chi connectivity index (χ1n) is 12.2. The highest BCUT2D eigenvalue weighted by Gasteiger charge is 2.47. The van der Waals surface area contributed by atoms with E-state index in [9.17, 15) is 4.79 Å². The van der Waals surface area contributed by atoms with Gasteiger partial charge in [-0.25, -0.2) is 0 Å². The summed E-state index contributed by atoms with van der Waals surface area (Å²) in [6.45, 7) is 3.20. The summed E-state index contributed by atoms with van der Waals surface area (Å²) in [5.41, 5.74) is 3.94. The number of aromatic nitrogens is 2. The van der Waals surface area contributed by atoms with Gasteiger partial charge in [-0.3, -0.25) is 14.8 Å². The Kier molecular flexibility index (Phi) is 5.05. The predicted molar refractivity (Wildman–Crippen MR) is 124 cm³/mol. The van der Waals surface area contributed by atoms with E-state index < -0.39 is 0 Å². The number of aromatic amines is 1. The van der Waals surface area contributed by atoms with Crippen molar-refractivity contribution in [2.24, 2.45) is 11.8 Å². The van der Waals surface area contributed by atoms with Crippen molar-refractivity contribution in [3.8, 4) is 17.0 Å². The average Bonchev–Trinajstić information content (AvgIpc) is 3.33. The molecule has 6 rings (SSSR count). The number of carbonyl (C=O) groups is 1. The number of fused-ring (bicyclic) bond motifs is 6. The molecule has 32 heavy (non-hydrogen) atoms. The van der Waals surface area contributed by atoms with Crippen molar-refractivity contribution in [1.82, 2.24) is 20.0 Å².